The number of hydrogen-bond donors (Lipinski definition) is 1. The van der Waals surface area contributed by atoms with E-state index in [1.165, 1.54) is 0 Å². The highest BCUT2D eigenvalue weighted by atomic mass is 32.2. The van der Waals surface area contributed by atoms with Crippen LogP contribution < -0.4 is 10.1 Å². The van der Waals surface area contributed by atoms with Crippen molar-refractivity contribution in [3.05, 3.63) is 24.3 Å². The molecule has 0 aromatic heterocycles. The molecule has 0 aliphatic heterocycles. The monoisotopic (exact) mass is 299 g/mol. The molecule has 0 saturated heterocycles. The molecule has 0 radical (unpaired) electrons. The van der Waals surface area contributed by atoms with Crippen LogP contribution in [-0.4, -0.2) is 33.9 Å². The third-order valence-electron chi connectivity index (χ3n) is 3.61. The Morgan fingerprint density at radius 1 is 1.20 bits per heavy atom. The van der Waals surface area contributed by atoms with Gasteiger partial charge in [-0.25, -0.2) is 8.42 Å². The normalized spacial score (nSPS) is 14.8. The van der Waals surface area contributed by atoms with Crippen LogP contribution in [0.5, 0.6) is 5.75 Å². The van der Waals surface area contributed by atoms with Gasteiger partial charge in [0.05, 0.1) is 17.3 Å². The van der Waals surface area contributed by atoms with E-state index in [4.69, 9.17) is 4.74 Å². The molecule has 2 atom stereocenters. The van der Waals surface area contributed by atoms with Crippen molar-refractivity contribution in [2.24, 2.45) is 0 Å². The Morgan fingerprint density at radius 2 is 1.80 bits per heavy atom. The van der Waals surface area contributed by atoms with Gasteiger partial charge in [-0.3, -0.25) is 0 Å². The molecule has 0 spiro atoms. The van der Waals surface area contributed by atoms with E-state index >= 15 is 0 Å². The lowest BCUT2D eigenvalue weighted by Gasteiger charge is -2.25. The van der Waals surface area contributed by atoms with Crippen molar-refractivity contribution in [3.8, 4) is 5.75 Å². The molecule has 0 fully saturated rings. The number of methoxy groups -OCH3 is 1. The summed E-state index contributed by atoms with van der Waals surface area (Å²) in [5, 5.41) is 2.75. The van der Waals surface area contributed by atoms with Gasteiger partial charge in [0.1, 0.15) is 5.75 Å². The zero-order valence-corrected chi connectivity index (χ0v) is 13.5. The van der Waals surface area contributed by atoms with Crippen molar-refractivity contribution in [2.75, 3.05) is 14.2 Å². The minimum absolute atomic E-state index is 0.0166. The molecule has 4 nitrogen and oxygen atoms in total. The summed E-state index contributed by atoms with van der Waals surface area (Å²) in [5.41, 5.74) is 0. The highest BCUT2D eigenvalue weighted by Crippen LogP contribution is 2.24. The predicted molar refractivity (Wildman–Crippen MR) is 82.0 cm³/mol. The molecule has 1 aromatic rings. The van der Waals surface area contributed by atoms with Gasteiger partial charge in [0.15, 0.2) is 9.84 Å². The Hall–Kier alpha value is -1.07. The molecular formula is C15H25NO3S. The van der Waals surface area contributed by atoms with E-state index in [1.807, 2.05) is 14.0 Å². The average molecular weight is 299 g/mol. The van der Waals surface area contributed by atoms with E-state index < -0.39 is 15.1 Å². The van der Waals surface area contributed by atoms with Crippen molar-refractivity contribution < 1.29 is 13.2 Å². The van der Waals surface area contributed by atoms with Gasteiger partial charge in [0, 0.05) is 6.04 Å². The Labute approximate surface area is 122 Å². The Morgan fingerprint density at radius 3 is 2.20 bits per heavy atom. The first-order valence-electron chi connectivity index (χ1n) is 7.06. The summed E-state index contributed by atoms with van der Waals surface area (Å²) >= 11 is 0. The molecule has 0 aliphatic rings. The van der Waals surface area contributed by atoms with Crippen LogP contribution in [0.2, 0.25) is 0 Å². The Bertz CT molecular complexity index is 496. The summed E-state index contributed by atoms with van der Waals surface area (Å²) in [6.45, 7) is 3.99. The van der Waals surface area contributed by atoms with E-state index in [2.05, 4.69) is 12.2 Å². The van der Waals surface area contributed by atoms with Crippen LogP contribution in [0.15, 0.2) is 29.2 Å². The molecule has 0 amide bonds. The molecule has 1 aromatic carbocycles. The molecule has 0 aliphatic carbocycles. The maximum absolute atomic E-state index is 12.8. The Kier molecular flexibility index (Phi) is 6.49. The van der Waals surface area contributed by atoms with Gasteiger partial charge in [-0.15, -0.1) is 0 Å². The van der Waals surface area contributed by atoms with Gasteiger partial charge in [0.25, 0.3) is 0 Å². The van der Waals surface area contributed by atoms with E-state index in [1.54, 1.807) is 31.4 Å². The van der Waals surface area contributed by atoms with Crippen LogP contribution in [0.3, 0.4) is 0 Å². The number of benzene rings is 1. The number of nitrogens with one attached hydrogen (secondary N) is 1. The number of sulfone groups is 1. The fourth-order valence-corrected chi connectivity index (χ4v) is 4.50. The second-order valence-corrected chi connectivity index (χ2v) is 7.02. The summed E-state index contributed by atoms with van der Waals surface area (Å²) in [7, 11) is 0.0643. The first kappa shape index (κ1) is 17.0. The lowest BCUT2D eigenvalue weighted by atomic mass is 10.1. The quantitative estimate of drug-likeness (QED) is 0.802. The molecule has 5 heteroatoms. The number of hydrogen-bond acceptors (Lipinski definition) is 4. The van der Waals surface area contributed by atoms with Crippen LogP contribution in [0, 0.1) is 0 Å². The molecule has 2 unspecified atom stereocenters. The van der Waals surface area contributed by atoms with Crippen LogP contribution >= 0.6 is 0 Å². The fourth-order valence-electron chi connectivity index (χ4n) is 2.49. The van der Waals surface area contributed by atoms with Crippen molar-refractivity contribution in [1.82, 2.24) is 5.32 Å². The van der Waals surface area contributed by atoms with E-state index in [0.717, 1.165) is 12.8 Å². The van der Waals surface area contributed by atoms with Crippen LogP contribution in [-0.2, 0) is 9.84 Å². The third kappa shape index (κ3) is 3.73. The molecular weight excluding hydrogens is 274 g/mol. The van der Waals surface area contributed by atoms with Gasteiger partial charge in [0.2, 0.25) is 0 Å². The van der Waals surface area contributed by atoms with Gasteiger partial charge in [-0.2, -0.15) is 0 Å². The van der Waals surface area contributed by atoms with Gasteiger partial charge < -0.3 is 10.1 Å². The van der Waals surface area contributed by atoms with Crippen LogP contribution in [0.1, 0.15) is 33.1 Å². The molecule has 1 N–H and O–H groups in total. The lowest BCUT2D eigenvalue weighted by Crippen LogP contribution is -2.42. The minimum atomic E-state index is -3.33. The van der Waals surface area contributed by atoms with Gasteiger partial charge >= 0.3 is 0 Å². The largest absolute Gasteiger partial charge is 0.497 e. The number of rotatable bonds is 8. The zero-order valence-electron chi connectivity index (χ0n) is 12.7. The van der Waals surface area contributed by atoms with Crippen molar-refractivity contribution in [2.45, 2.75) is 49.3 Å². The molecule has 114 valence electrons. The molecule has 0 heterocycles. The SMILES string of the molecule is CCCC(NC)C(CC)S(=O)(=O)c1ccc(OC)cc1. The Balaban J connectivity index is 3.09. The smallest absolute Gasteiger partial charge is 0.182 e. The summed E-state index contributed by atoms with van der Waals surface area (Å²) in [6.07, 6.45) is 2.41. The molecule has 1 rings (SSSR count). The first-order chi connectivity index (χ1) is 9.51. The zero-order chi connectivity index (χ0) is 15.2. The minimum Gasteiger partial charge on any atom is -0.497 e. The molecule has 20 heavy (non-hydrogen) atoms. The van der Waals surface area contributed by atoms with Crippen molar-refractivity contribution >= 4 is 9.84 Å². The first-order valence-corrected chi connectivity index (χ1v) is 8.61. The van der Waals surface area contributed by atoms with Gasteiger partial charge in [-0.1, -0.05) is 20.3 Å². The predicted octanol–water partition coefficient (Wildman–Crippen LogP) is 2.64. The maximum atomic E-state index is 12.8. The van der Waals surface area contributed by atoms with Crippen LogP contribution in [0.4, 0.5) is 0 Å². The fraction of sp³-hybridized carbons (Fsp3) is 0.600. The molecule has 0 saturated carbocycles. The maximum Gasteiger partial charge on any atom is 0.182 e. The van der Waals surface area contributed by atoms with Crippen LogP contribution in [0.25, 0.3) is 0 Å². The summed E-state index contributed by atoms with van der Waals surface area (Å²) in [6, 6.07) is 6.60. The van der Waals surface area contributed by atoms with E-state index in [0.29, 0.717) is 17.1 Å². The number of ether oxygens (including phenoxy) is 1. The summed E-state index contributed by atoms with van der Waals surface area (Å²) in [5.74, 6) is 0.663. The van der Waals surface area contributed by atoms with Gasteiger partial charge in [-0.05, 0) is 44.2 Å². The summed E-state index contributed by atoms with van der Waals surface area (Å²) in [4.78, 5) is 0.363. The van der Waals surface area contributed by atoms with Crippen molar-refractivity contribution in [3.63, 3.8) is 0 Å². The van der Waals surface area contributed by atoms with Crippen molar-refractivity contribution in [1.29, 1.82) is 0 Å². The third-order valence-corrected chi connectivity index (χ3v) is 6.00. The van der Waals surface area contributed by atoms with E-state index in [9.17, 15) is 8.42 Å². The van der Waals surface area contributed by atoms with E-state index in [-0.39, 0.29) is 6.04 Å². The highest BCUT2D eigenvalue weighted by Gasteiger charge is 2.32. The second-order valence-electron chi connectivity index (χ2n) is 4.85. The topological polar surface area (TPSA) is 55.4 Å². The second kappa shape index (κ2) is 7.64. The standard InChI is InChI=1S/C15H25NO3S/c1-5-7-14(16-3)15(6-2)20(17,18)13-10-8-12(19-4)9-11-13/h8-11,14-16H,5-7H2,1-4H3. The lowest BCUT2D eigenvalue weighted by molar-refractivity contribution is 0.414. The average Bonchev–Trinajstić information content (AvgIpc) is 2.46. The summed E-state index contributed by atoms with van der Waals surface area (Å²) < 4.78 is 30.6. The highest BCUT2D eigenvalue weighted by molar-refractivity contribution is 7.92. The molecule has 0 bridgehead atoms.